The van der Waals surface area contributed by atoms with Gasteiger partial charge in [0.15, 0.2) is 0 Å². The smallest absolute Gasteiger partial charge is 0.265 e. The van der Waals surface area contributed by atoms with Gasteiger partial charge in [0.1, 0.15) is 10.6 Å². The number of ether oxygens (including phenoxy) is 2. The average molecular weight is 441 g/mol. The molecule has 1 aliphatic heterocycles. The zero-order chi connectivity index (χ0) is 18.7. The second-order valence-electron chi connectivity index (χ2n) is 6.00. The lowest BCUT2D eigenvalue weighted by Gasteiger charge is -2.29. The Bertz CT molecular complexity index is 896. The molecule has 0 bridgehead atoms. The van der Waals surface area contributed by atoms with E-state index in [2.05, 4.69) is 25.6 Å². The largest absolute Gasteiger partial charge is 0.495 e. The van der Waals surface area contributed by atoms with Crippen molar-refractivity contribution in [2.45, 2.75) is 11.8 Å². The molecule has 6 nitrogen and oxygen atoms in total. The van der Waals surface area contributed by atoms with Crippen molar-refractivity contribution in [3.05, 3.63) is 46.4 Å². The second-order valence-corrected chi connectivity index (χ2v) is 8.57. The van der Waals surface area contributed by atoms with Crippen LogP contribution < -0.4 is 14.4 Å². The molecule has 1 fully saturated rings. The van der Waals surface area contributed by atoms with Crippen LogP contribution in [0.15, 0.2) is 45.8 Å². The highest BCUT2D eigenvalue weighted by Gasteiger charge is 2.21. The Hall–Kier alpha value is -1.77. The van der Waals surface area contributed by atoms with Gasteiger partial charge in [-0.1, -0.05) is 15.9 Å². The molecule has 0 aromatic heterocycles. The van der Waals surface area contributed by atoms with Crippen LogP contribution in [0.1, 0.15) is 5.56 Å². The fourth-order valence-corrected chi connectivity index (χ4v) is 4.68. The maximum absolute atomic E-state index is 12.8. The van der Waals surface area contributed by atoms with Crippen molar-refractivity contribution in [1.82, 2.24) is 0 Å². The summed E-state index contributed by atoms with van der Waals surface area (Å²) in [5, 5.41) is 0. The van der Waals surface area contributed by atoms with Crippen molar-refractivity contribution < 1.29 is 17.9 Å². The summed E-state index contributed by atoms with van der Waals surface area (Å²) < 4.78 is 39.6. The molecule has 26 heavy (non-hydrogen) atoms. The third-order valence-electron chi connectivity index (χ3n) is 4.25. The second kappa shape index (κ2) is 7.85. The highest BCUT2D eigenvalue weighted by atomic mass is 79.9. The van der Waals surface area contributed by atoms with Gasteiger partial charge in [-0.15, -0.1) is 0 Å². The molecule has 0 atom stereocenters. The number of benzene rings is 2. The summed E-state index contributed by atoms with van der Waals surface area (Å²) in [5.41, 5.74) is 2.46. The first kappa shape index (κ1) is 19.0. The molecule has 0 saturated carbocycles. The van der Waals surface area contributed by atoms with Crippen molar-refractivity contribution in [3.8, 4) is 5.75 Å². The van der Waals surface area contributed by atoms with E-state index in [0.29, 0.717) is 29.1 Å². The molecule has 0 amide bonds. The fourth-order valence-electron chi connectivity index (χ4n) is 2.84. The van der Waals surface area contributed by atoms with Crippen molar-refractivity contribution in [3.63, 3.8) is 0 Å². The molecule has 1 aliphatic rings. The summed E-state index contributed by atoms with van der Waals surface area (Å²) in [6.07, 6.45) is 0. The molecule has 0 spiro atoms. The lowest BCUT2D eigenvalue weighted by atomic mass is 10.1. The molecule has 2 aromatic rings. The standard InChI is InChI=1S/C18H21BrN2O4S/c1-13-11-15(21-7-9-25-10-8-21)4-5-16(13)20-26(22,23)18-12-14(19)3-6-17(18)24-2/h3-6,11-12,20H,7-10H2,1-2H3. The van der Waals surface area contributed by atoms with Crippen LogP contribution in [0.5, 0.6) is 5.75 Å². The Morgan fingerprint density at radius 3 is 2.54 bits per heavy atom. The number of anilines is 2. The van der Waals surface area contributed by atoms with Crippen LogP contribution in [0.3, 0.4) is 0 Å². The van der Waals surface area contributed by atoms with E-state index in [1.54, 1.807) is 18.2 Å². The summed E-state index contributed by atoms with van der Waals surface area (Å²) in [5.74, 6) is 0.295. The third-order valence-corrected chi connectivity index (χ3v) is 6.13. The normalized spacial score (nSPS) is 15.0. The molecule has 1 N–H and O–H groups in total. The minimum Gasteiger partial charge on any atom is -0.495 e. The molecule has 0 aliphatic carbocycles. The van der Waals surface area contributed by atoms with Gasteiger partial charge >= 0.3 is 0 Å². The van der Waals surface area contributed by atoms with Gasteiger partial charge in [-0.3, -0.25) is 4.72 Å². The number of nitrogens with one attached hydrogen (secondary N) is 1. The topological polar surface area (TPSA) is 67.9 Å². The predicted octanol–water partition coefficient (Wildman–Crippen LogP) is 3.40. The SMILES string of the molecule is COc1ccc(Br)cc1S(=O)(=O)Nc1ccc(N2CCOCC2)cc1C. The van der Waals surface area contributed by atoms with E-state index in [4.69, 9.17) is 9.47 Å². The highest BCUT2D eigenvalue weighted by Crippen LogP contribution is 2.30. The van der Waals surface area contributed by atoms with Gasteiger partial charge in [-0.05, 0) is 48.9 Å². The molecule has 1 saturated heterocycles. The number of hydrogen-bond donors (Lipinski definition) is 1. The number of rotatable bonds is 5. The number of morpholine rings is 1. The van der Waals surface area contributed by atoms with E-state index in [0.717, 1.165) is 24.3 Å². The quantitative estimate of drug-likeness (QED) is 0.771. The molecule has 2 aromatic carbocycles. The number of halogens is 1. The van der Waals surface area contributed by atoms with Crippen LogP contribution in [-0.2, 0) is 14.8 Å². The monoisotopic (exact) mass is 440 g/mol. The lowest BCUT2D eigenvalue weighted by Crippen LogP contribution is -2.36. The lowest BCUT2D eigenvalue weighted by molar-refractivity contribution is 0.122. The van der Waals surface area contributed by atoms with E-state index < -0.39 is 10.0 Å². The van der Waals surface area contributed by atoms with Crippen LogP contribution in [-0.4, -0.2) is 41.8 Å². The van der Waals surface area contributed by atoms with E-state index in [1.807, 2.05) is 19.1 Å². The van der Waals surface area contributed by atoms with E-state index in [9.17, 15) is 8.42 Å². The Morgan fingerprint density at radius 1 is 1.15 bits per heavy atom. The summed E-state index contributed by atoms with van der Waals surface area (Å²) in [6.45, 7) is 4.96. The van der Waals surface area contributed by atoms with E-state index in [1.165, 1.54) is 13.2 Å². The molecule has 3 rings (SSSR count). The van der Waals surface area contributed by atoms with Crippen LogP contribution in [0.25, 0.3) is 0 Å². The average Bonchev–Trinajstić information content (AvgIpc) is 2.64. The molecule has 0 radical (unpaired) electrons. The number of aryl methyl sites for hydroxylation is 1. The van der Waals surface area contributed by atoms with Gasteiger partial charge in [0.05, 0.1) is 26.0 Å². The summed E-state index contributed by atoms with van der Waals surface area (Å²) >= 11 is 3.31. The number of nitrogens with zero attached hydrogens (tertiary/aromatic N) is 1. The molecular formula is C18H21BrN2O4S. The molecule has 140 valence electrons. The minimum absolute atomic E-state index is 0.0889. The van der Waals surface area contributed by atoms with Gasteiger partial charge in [0.25, 0.3) is 10.0 Å². The predicted molar refractivity (Wildman–Crippen MR) is 106 cm³/mol. The third kappa shape index (κ3) is 4.13. The molecule has 1 heterocycles. The first-order valence-corrected chi connectivity index (χ1v) is 10.5. The van der Waals surface area contributed by atoms with Crippen LogP contribution in [0, 0.1) is 6.92 Å². The Morgan fingerprint density at radius 2 is 1.88 bits per heavy atom. The highest BCUT2D eigenvalue weighted by molar-refractivity contribution is 9.10. The minimum atomic E-state index is -3.78. The fraction of sp³-hybridized carbons (Fsp3) is 0.333. The van der Waals surface area contributed by atoms with Gasteiger partial charge in [0, 0.05) is 23.2 Å². The maximum atomic E-state index is 12.8. The summed E-state index contributed by atoms with van der Waals surface area (Å²) in [7, 11) is -2.33. The summed E-state index contributed by atoms with van der Waals surface area (Å²) in [4.78, 5) is 2.32. The molecular weight excluding hydrogens is 420 g/mol. The first-order chi connectivity index (χ1) is 12.4. The van der Waals surface area contributed by atoms with Crippen molar-refractivity contribution in [1.29, 1.82) is 0 Å². The van der Waals surface area contributed by atoms with Gasteiger partial charge in [-0.2, -0.15) is 0 Å². The van der Waals surface area contributed by atoms with Crippen LogP contribution in [0.2, 0.25) is 0 Å². The van der Waals surface area contributed by atoms with Crippen LogP contribution in [0.4, 0.5) is 11.4 Å². The number of methoxy groups -OCH3 is 1. The number of hydrogen-bond acceptors (Lipinski definition) is 5. The zero-order valence-electron chi connectivity index (χ0n) is 14.7. The maximum Gasteiger partial charge on any atom is 0.265 e. The Labute approximate surface area is 162 Å². The zero-order valence-corrected chi connectivity index (χ0v) is 17.1. The van der Waals surface area contributed by atoms with Crippen LogP contribution >= 0.6 is 15.9 Å². The van der Waals surface area contributed by atoms with E-state index >= 15 is 0 Å². The molecule has 8 heteroatoms. The summed E-state index contributed by atoms with van der Waals surface area (Å²) in [6, 6.07) is 10.6. The van der Waals surface area contributed by atoms with Crippen molar-refractivity contribution >= 4 is 37.3 Å². The van der Waals surface area contributed by atoms with Crippen molar-refractivity contribution in [2.24, 2.45) is 0 Å². The Balaban J connectivity index is 1.87. The van der Waals surface area contributed by atoms with Gasteiger partial charge in [0.2, 0.25) is 0 Å². The Kier molecular flexibility index (Phi) is 5.74. The number of sulfonamides is 1. The van der Waals surface area contributed by atoms with Gasteiger partial charge in [-0.25, -0.2) is 8.42 Å². The molecule has 0 unspecified atom stereocenters. The van der Waals surface area contributed by atoms with Crippen molar-refractivity contribution in [2.75, 3.05) is 43.0 Å². The van der Waals surface area contributed by atoms with Gasteiger partial charge < -0.3 is 14.4 Å². The first-order valence-electron chi connectivity index (χ1n) is 8.20. The van der Waals surface area contributed by atoms with E-state index in [-0.39, 0.29) is 4.90 Å².